The number of nitrogens with zero attached hydrogens (tertiary/aromatic N) is 2. The molecule has 2 N–H and O–H groups in total. The van der Waals surface area contributed by atoms with Gasteiger partial charge in [0.25, 0.3) is 0 Å². The zero-order valence-electron chi connectivity index (χ0n) is 23.9. The van der Waals surface area contributed by atoms with Crippen LogP contribution in [0, 0.1) is 6.92 Å². The number of benzene rings is 3. The Morgan fingerprint density at radius 2 is 1.98 bits per heavy atom. The molecule has 11 heteroatoms. The molecule has 2 heterocycles. The maximum Gasteiger partial charge on any atom is 0.304 e. The van der Waals surface area contributed by atoms with Crippen LogP contribution in [0.4, 0.5) is 5.69 Å². The summed E-state index contributed by atoms with van der Waals surface area (Å²) in [5.41, 5.74) is 6.31. The molecule has 0 radical (unpaired) electrons. The predicted octanol–water partition coefficient (Wildman–Crippen LogP) is 5.11. The molecule has 222 valence electrons. The third kappa shape index (κ3) is 6.46. The van der Waals surface area contributed by atoms with E-state index in [9.17, 15) is 13.2 Å². The topological polar surface area (TPSA) is 129 Å². The zero-order chi connectivity index (χ0) is 29.9. The number of hydrogen-bond acceptors (Lipinski definition) is 8. The van der Waals surface area contributed by atoms with E-state index >= 15 is 0 Å². The molecular formula is C31H35N3O7S. The second kappa shape index (κ2) is 12.3. The van der Waals surface area contributed by atoms with E-state index in [0.29, 0.717) is 43.5 Å². The van der Waals surface area contributed by atoms with Crippen molar-refractivity contribution in [2.45, 2.75) is 39.2 Å². The van der Waals surface area contributed by atoms with Crippen molar-refractivity contribution < 1.29 is 32.5 Å². The highest BCUT2D eigenvalue weighted by Gasteiger charge is 2.26. The van der Waals surface area contributed by atoms with Crippen molar-refractivity contribution in [1.82, 2.24) is 9.55 Å². The number of imidazole rings is 1. The third-order valence-electron chi connectivity index (χ3n) is 7.26. The third-order valence-corrected chi connectivity index (χ3v) is 8.29. The quantitative estimate of drug-likeness (QED) is 0.203. The SMILES string of the molecule is CCOc1nc2c(OCCCS(C)(=O)=O)cccc2n1-c1cccc(CNc2ccc3c(c2)OC[C@H]3CC(=O)O)c1C. The maximum absolute atomic E-state index is 11.5. The Labute approximate surface area is 245 Å². The van der Waals surface area contributed by atoms with Gasteiger partial charge in [0.2, 0.25) is 0 Å². The first-order valence-electron chi connectivity index (χ1n) is 13.9. The number of aliphatic carboxylic acids is 1. The number of sulfone groups is 1. The largest absolute Gasteiger partial charge is 0.493 e. The van der Waals surface area contributed by atoms with E-state index in [1.807, 2.05) is 60.0 Å². The van der Waals surface area contributed by atoms with Gasteiger partial charge in [-0.3, -0.25) is 9.36 Å². The number of hydrogen-bond donors (Lipinski definition) is 2. The fourth-order valence-corrected chi connectivity index (χ4v) is 5.84. The number of nitrogens with one attached hydrogen (secondary N) is 1. The fourth-order valence-electron chi connectivity index (χ4n) is 5.20. The summed E-state index contributed by atoms with van der Waals surface area (Å²) in [5, 5.41) is 12.6. The number of para-hydroxylation sites is 1. The van der Waals surface area contributed by atoms with Crippen LogP contribution in [0.3, 0.4) is 0 Å². The van der Waals surface area contributed by atoms with Gasteiger partial charge in [-0.15, -0.1) is 0 Å². The first-order chi connectivity index (χ1) is 20.1. The molecule has 0 amide bonds. The van der Waals surface area contributed by atoms with Gasteiger partial charge in [-0.1, -0.05) is 24.3 Å². The van der Waals surface area contributed by atoms with Crippen molar-refractivity contribution in [3.63, 3.8) is 0 Å². The second-order valence-electron chi connectivity index (χ2n) is 10.4. The molecule has 42 heavy (non-hydrogen) atoms. The zero-order valence-corrected chi connectivity index (χ0v) is 24.7. The Morgan fingerprint density at radius 3 is 2.74 bits per heavy atom. The Kier molecular flexibility index (Phi) is 8.58. The molecule has 0 saturated heterocycles. The molecule has 3 aromatic carbocycles. The number of aromatic nitrogens is 2. The van der Waals surface area contributed by atoms with Crippen LogP contribution in [0.1, 0.15) is 42.4 Å². The molecule has 10 nitrogen and oxygen atoms in total. The predicted molar refractivity (Wildman–Crippen MR) is 161 cm³/mol. The average Bonchev–Trinajstić information content (AvgIpc) is 3.51. The Morgan fingerprint density at radius 1 is 1.17 bits per heavy atom. The monoisotopic (exact) mass is 593 g/mol. The lowest BCUT2D eigenvalue weighted by Crippen LogP contribution is -2.08. The van der Waals surface area contributed by atoms with E-state index in [0.717, 1.165) is 39.3 Å². The van der Waals surface area contributed by atoms with Gasteiger partial charge in [-0.05, 0) is 55.7 Å². The lowest BCUT2D eigenvalue weighted by molar-refractivity contribution is -0.137. The summed E-state index contributed by atoms with van der Waals surface area (Å²) < 4.78 is 42.6. The highest BCUT2D eigenvalue weighted by Crippen LogP contribution is 2.38. The molecule has 0 spiro atoms. The standard InChI is InChI=1S/C31H35N3O7S/c1-4-39-31-33-30-26(10-6-11-27(30)40-14-7-15-42(3,37)38)34(31)25-9-5-8-21(20(25)2)18-32-23-12-13-24-22(16-29(35)36)19-41-28(24)17-23/h5-6,8-13,17,22,32H,4,7,14-16,18-19H2,1-3H3,(H,35,36)/t22-/m1/s1. The summed E-state index contributed by atoms with van der Waals surface area (Å²) in [6.45, 7) is 5.59. The van der Waals surface area contributed by atoms with Crippen molar-refractivity contribution >= 4 is 32.5 Å². The summed E-state index contributed by atoms with van der Waals surface area (Å²) in [6, 6.07) is 18.0. The van der Waals surface area contributed by atoms with E-state index in [4.69, 9.17) is 24.3 Å². The summed E-state index contributed by atoms with van der Waals surface area (Å²) >= 11 is 0. The first-order valence-corrected chi connectivity index (χ1v) is 16.0. The summed E-state index contributed by atoms with van der Waals surface area (Å²) in [7, 11) is -3.06. The summed E-state index contributed by atoms with van der Waals surface area (Å²) in [4.78, 5) is 15.9. The van der Waals surface area contributed by atoms with Crippen LogP contribution in [-0.2, 0) is 21.2 Å². The number of carboxylic acid groups (broad SMARTS) is 1. The molecule has 4 aromatic rings. The Bertz CT molecular complexity index is 1720. The van der Waals surface area contributed by atoms with Crippen LogP contribution < -0.4 is 19.5 Å². The number of rotatable bonds is 13. The summed E-state index contributed by atoms with van der Waals surface area (Å²) in [5.74, 6) is 0.387. The fraction of sp³-hybridized carbons (Fsp3) is 0.355. The molecule has 1 aromatic heterocycles. The Hall–Kier alpha value is -4.25. The van der Waals surface area contributed by atoms with Crippen LogP contribution in [0.5, 0.6) is 17.5 Å². The number of ether oxygens (including phenoxy) is 3. The molecule has 0 fully saturated rings. The van der Waals surface area contributed by atoms with Crippen molar-refractivity contribution in [3.05, 3.63) is 71.3 Å². The maximum atomic E-state index is 11.5. The van der Waals surface area contributed by atoms with Gasteiger partial charge in [-0.25, -0.2) is 8.42 Å². The Balaban J connectivity index is 1.39. The van der Waals surface area contributed by atoms with Crippen molar-refractivity contribution in [2.24, 2.45) is 0 Å². The van der Waals surface area contributed by atoms with Gasteiger partial charge in [0, 0.05) is 36.0 Å². The smallest absolute Gasteiger partial charge is 0.304 e. The molecule has 0 unspecified atom stereocenters. The van der Waals surface area contributed by atoms with Crippen LogP contribution in [0.2, 0.25) is 0 Å². The van der Waals surface area contributed by atoms with E-state index in [1.165, 1.54) is 6.26 Å². The van der Waals surface area contributed by atoms with E-state index in [2.05, 4.69) is 18.3 Å². The van der Waals surface area contributed by atoms with E-state index in [1.54, 1.807) is 0 Å². The average molecular weight is 594 g/mol. The van der Waals surface area contributed by atoms with Gasteiger partial charge in [0.05, 0.1) is 43.2 Å². The van der Waals surface area contributed by atoms with Gasteiger partial charge < -0.3 is 24.6 Å². The minimum absolute atomic E-state index is 0.0508. The van der Waals surface area contributed by atoms with Crippen LogP contribution >= 0.6 is 0 Å². The molecule has 1 aliphatic rings. The van der Waals surface area contributed by atoms with Crippen molar-refractivity contribution in [1.29, 1.82) is 0 Å². The van der Waals surface area contributed by atoms with E-state index < -0.39 is 15.8 Å². The van der Waals surface area contributed by atoms with Crippen LogP contribution in [0.15, 0.2) is 54.6 Å². The molecule has 0 saturated carbocycles. The normalized spacial score (nSPS) is 14.4. The summed E-state index contributed by atoms with van der Waals surface area (Å²) in [6.07, 6.45) is 1.66. The second-order valence-corrected chi connectivity index (χ2v) is 12.7. The molecule has 0 bridgehead atoms. The van der Waals surface area contributed by atoms with Gasteiger partial charge in [0.15, 0.2) is 0 Å². The number of fused-ring (bicyclic) bond motifs is 2. The number of carbonyl (C=O) groups is 1. The lowest BCUT2D eigenvalue weighted by atomic mass is 9.98. The van der Waals surface area contributed by atoms with Crippen molar-refractivity contribution in [2.75, 3.05) is 37.1 Å². The minimum Gasteiger partial charge on any atom is -0.493 e. The number of carboxylic acids is 1. The molecule has 5 rings (SSSR count). The highest BCUT2D eigenvalue weighted by molar-refractivity contribution is 7.90. The molecule has 1 aliphatic heterocycles. The molecule has 1 atom stereocenters. The van der Waals surface area contributed by atoms with Gasteiger partial charge in [-0.2, -0.15) is 4.98 Å². The van der Waals surface area contributed by atoms with Gasteiger partial charge >= 0.3 is 12.0 Å². The minimum atomic E-state index is -3.06. The number of anilines is 1. The molecular weight excluding hydrogens is 558 g/mol. The molecule has 0 aliphatic carbocycles. The van der Waals surface area contributed by atoms with Gasteiger partial charge in [0.1, 0.15) is 26.9 Å². The highest BCUT2D eigenvalue weighted by atomic mass is 32.2. The van der Waals surface area contributed by atoms with Crippen LogP contribution in [-0.4, -0.2) is 60.9 Å². The van der Waals surface area contributed by atoms with Crippen LogP contribution in [0.25, 0.3) is 16.7 Å². The van der Waals surface area contributed by atoms with Crippen molar-refractivity contribution in [3.8, 4) is 23.2 Å². The van der Waals surface area contributed by atoms with E-state index in [-0.39, 0.29) is 24.7 Å². The lowest BCUT2D eigenvalue weighted by Gasteiger charge is -2.16. The first kappa shape index (κ1) is 29.2.